The van der Waals surface area contributed by atoms with Crippen molar-refractivity contribution in [3.8, 4) is 28.2 Å². The summed E-state index contributed by atoms with van der Waals surface area (Å²) < 4.78 is 3.35. The minimum atomic E-state index is -0.141. The van der Waals surface area contributed by atoms with Crippen LogP contribution >= 0.6 is 11.6 Å². The van der Waals surface area contributed by atoms with Crippen molar-refractivity contribution in [3.63, 3.8) is 0 Å². The van der Waals surface area contributed by atoms with E-state index in [9.17, 15) is 4.79 Å². The molecule has 0 radical (unpaired) electrons. The molecule has 5 aromatic rings. The zero-order valence-corrected chi connectivity index (χ0v) is 19.3. The fourth-order valence-corrected chi connectivity index (χ4v) is 4.45. The summed E-state index contributed by atoms with van der Waals surface area (Å²) >= 11 is 6.70. The van der Waals surface area contributed by atoms with Crippen LogP contribution in [0.5, 0.6) is 0 Å². The van der Waals surface area contributed by atoms with Crippen molar-refractivity contribution >= 4 is 11.6 Å². The second kappa shape index (κ2) is 9.44. The number of aromatic nitrogens is 7. The molecule has 0 spiro atoms. The Morgan fingerprint density at radius 1 is 1.00 bits per heavy atom. The molecule has 0 saturated carbocycles. The van der Waals surface area contributed by atoms with Crippen LogP contribution < -0.4 is 5.69 Å². The fraction of sp³-hybridized carbons (Fsp3) is 0.160. The van der Waals surface area contributed by atoms with E-state index in [1.54, 1.807) is 21.5 Å². The van der Waals surface area contributed by atoms with Crippen LogP contribution in [0.3, 0.4) is 0 Å². The number of nitrogens with zero attached hydrogens (tertiary/aromatic N) is 6. The molecule has 170 valence electrons. The number of hydrogen-bond acceptors (Lipinski definition) is 5. The molecule has 5 rings (SSSR count). The lowest BCUT2D eigenvalue weighted by Gasteiger charge is -2.10. The highest BCUT2D eigenvalue weighted by Gasteiger charge is 2.19. The lowest BCUT2D eigenvalue weighted by Crippen LogP contribution is -2.24. The van der Waals surface area contributed by atoms with E-state index < -0.39 is 0 Å². The fourth-order valence-electron chi connectivity index (χ4n) is 4.08. The third kappa shape index (κ3) is 4.04. The van der Waals surface area contributed by atoms with E-state index in [0.717, 1.165) is 46.5 Å². The van der Waals surface area contributed by atoms with Crippen LogP contribution in [0, 0.1) is 0 Å². The summed E-state index contributed by atoms with van der Waals surface area (Å²) in [5.74, 6) is 0.555. The molecule has 0 aliphatic heterocycles. The monoisotopic (exact) mass is 471 g/mol. The number of hydrogen-bond donors (Lipinski definition) is 1. The summed E-state index contributed by atoms with van der Waals surface area (Å²) in [5.41, 5.74) is 5.24. The van der Waals surface area contributed by atoms with Crippen molar-refractivity contribution in [3.05, 3.63) is 100.0 Å². The van der Waals surface area contributed by atoms with E-state index in [2.05, 4.69) is 32.5 Å². The van der Waals surface area contributed by atoms with Gasteiger partial charge in [-0.3, -0.25) is 14.1 Å². The standard InChI is InChI=1S/C25H22ClN7O/c1-2-6-22-23(26)33(19-7-4-3-5-8-19)25(34)32(22)16-17-9-11-18(12-10-17)20-13-14-27-15-21(20)24-28-30-31-29-24/h3-5,7-15H,2,6,16H2,1H3,(H,28,29,30,31). The zero-order chi connectivity index (χ0) is 23.5. The van der Waals surface area contributed by atoms with Gasteiger partial charge in [-0.1, -0.05) is 67.4 Å². The first-order valence-electron chi connectivity index (χ1n) is 11.0. The first-order valence-corrected chi connectivity index (χ1v) is 11.4. The molecule has 9 heteroatoms. The first-order chi connectivity index (χ1) is 16.7. The number of nitrogens with one attached hydrogen (secondary N) is 1. The zero-order valence-electron chi connectivity index (χ0n) is 18.5. The van der Waals surface area contributed by atoms with Crippen molar-refractivity contribution in [2.75, 3.05) is 0 Å². The number of rotatable bonds is 7. The molecule has 0 aliphatic carbocycles. The Balaban J connectivity index is 1.50. The number of benzene rings is 2. The van der Waals surface area contributed by atoms with Crippen molar-refractivity contribution < 1.29 is 0 Å². The summed E-state index contributed by atoms with van der Waals surface area (Å²) in [6.45, 7) is 2.51. The third-order valence-electron chi connectivity index (χ3n) is 5.71. The minimum absolute atomic E-state index is 0.141. The van der Waals surface area contributed by atoms with Crippen LogP contribution in [0.4, 0.5) is 0 Å². The highest BCUT2D eigenvalue weighted by Crippen LogP contribution is 2.29. The van der Waals surface area contributed by atoms with Gasteiger partial charge in [0.2, 0.25) is 0 Å². The number of halogens is 1. The number of tetrazole rings is 1. The van der Waals surface area contributed by atoms with Gasteiger partial charge in [-0.05, 0) is 51.7 Å². The van der Waals surface area contributed by atoms with E-state index in [1.807, 2.05) is 60.7 Å². The number of imidazole rings is 1. The Bertz CT molecular complexity index is 1460. The van der Waals surface area contributed by atoms with E-state index in [1.165, 1.54) is 0 Å². The van der Waals surface area contributed by atoms with Crippen LogP contribution in [0.15, 0.2) is 77.9 Å². The average Bonchev–Trinajstić information content (AvgIpc) is 3.49. The molecule has 0 amide bonds. The van der Waals surface area contributed by atoms with Crippen LogP contribution in [0.2, 0.25) is 5.15 Å². The summed E-state index contributed by atoms with van der Waals surface area (Å²) in [4.78, 5) is 17.6. The second-order valence-electron chi connectivity index (χ2n) is 7.90. The van der Waals surface area contributed by atoms with Gasteiger partial charge in [0.15, 0.2) is 5.82 Å². The predicted molar refractivity (Wildman–Crippen MR) is 131 cm³/mol. The smallest absolute Gasteiger partial charge is 0.290 e. The van der Waals surface area contributed by atoms with Crippen LogP contribution in [-0.4, -0.2) is 34.7 Å². The predicted octanol–water partition coefficient (Wildman–Crippen LogP) is 4.54. The average molecular weight is 472 g/mol. The Morgan fingerprint density at radius 3 is 2.50 bits per heavy atom. The molecular formula is C25H22ClN7O. The van der Waals surface area contributed by atoms with E-state index in [4.69, 9.17) is 11.6 Å². The molecule has 1 N–H and O–H groups in total. The molecule has 0 unspecified atom stereocenters. The van der Waals surface area contributed by atoms with Crippen molar-refractivity contribution in [2.24, 2.45) is 0 Å². The van der Waals surface area contributed by atoms with Gasteiger partial charge in [0.25, 0.3) is 0 Å². The molecule has 0 aliphatic rings. The van der Waals surface area contributed by atoms with Gasteiger partial charge in [0.05, 0.1) is 17.9 Å². The quantitative estimate of drug-likeness (QED) is 0.376. The SMILES string of the molecule is CCCc1c(Cl)n(-c2ccccc2)c(=O)n1Cc1ccc(-c2ccncc2-c2nnn[nH]2)cc1. The van der Waals surface area contributed by atoms with Gasteiger partial charge in [-0.15, -0.1) is 5.10 Å². The maximum absolute atomic E-state index is 13.4. The highest BCUT2D eigenvalue weighted by molar-refractivity contribution is 6.30. The molecule has 3 aromatic heterocycles. The van der Waals surface area contributed by atoms with Crippen LogP contribution in [0.1, 0.15) is 24.6 Å². The maximum Gasteiger partial charge on any atom is 0.334 e. The van der Waals surface area contributed by atoms with Gasteiger partial charge >= 0.3 is 5.69 Å². The third-order valence-corrected chi connectivity index (χ3v) is 6.10. The van der Waals surface area contributed by atoms with Crippen molar-refractivity contribution in [1.29, 1.82) is 0 Å². The Hall–Kier alpha value is -4.04. The Labute approximate surface area is 200 Å². The minimum Gasteiger partial charge on any atom is -0.290 e. The molecule has 0 bridgehead atoms. The van der Waals surface area contributed by atoms with Gasteiger partial charge < -0.3 is 0 Å². The summed E-state index contributed by atoms with van der Waals surface area (Å²) in [6, 6.07) is 19.5. The Kier molecular flexibility index (Phi) is 6.05. The van der Waals surface area contributed by atoms with Crippen LogP contribution in [0.25, 0.3) is 28.2 Å². The number of aromatic amines is 1. The van der Waals surface area contributed by atoms with Gasteiger partial charge in [-0.2, -0.15) is 0 Å². The summed E-state index contributed by atoms with van der Waals surface area (Å²) in [6.07, 6.45) is 5.08. The highest BCUT2D eigenvalue weighted by atomic mass is 35.5. The Morgan fingerprint density at radius 2 is 1.79 bits per heavy atom. The number of pyridine rings is 1. The molecule has 0 fully saturated rings. The topological polar surface area (TPSA) is 94.3 Å². The van der Waals surface area contributed by atoms with Crippen LogP contribution in [-0.2, 0) is 13.0 Å². The van der Waals surface area contributed by atoms with Gasteiger partial charge in [0, 0.05) is 18.0 Å². The molecule has 3 heterocycles. The normalized spacial score (nSPS) is 11.1. The lowest BCUT2D eigenvalue weighted by molar-refractivity contribution is 0.691. The molecule has 34 heavy (non-hydrogen) atoms. The summed E-state index contributed by atoms with van der Waals surface area (Å²) in [5, 5.41) is 14.6. The van der Waals surface area contributed by atoms with E-state index >= 15 is 0 Å². The van der Waals surface area contributed by atoms with Crippen molar-refractivity contribution in [1.82, 2.24) is 34.7 Å². The molecule has 2 aromatic carbocycles. The first kappa shape index (κ1) is 21.8. The molecule has 8 nitrogen and oxygen atoms in total. The second-order valence-corrected chi connectivity index (χ2v) is 8.25. The number of H-pyrrole nitrogens is 1. The maximum atomic E-state index is 13.4. The van der Waals surface area contributed by atoms with Crippen molar-refractivity contribution in [2.45, 2.75) is 26.3 Å². The van der Waals surface area contributed by atoms with Gasteiger partial charge in [-0.25, -0.2) is 9.89 Å². The lowest BCUT2D eigenvalue weighted by atomic mass is 10.00. The van der Waals surface area contributed by atoms with Gasteiger partial charge in [0.1, 0.15) is 5.15 Å². The van der Waals surface area contributed by atoms with E-state index in [0.29, 0.717) is 17.5 Å². The van der Waals surface area contributed by atoms with E-state index in [-0.39, 0.29) is 5.69 Å². The molecule has 0 atom stereocenters. The summed E-state index contributed by atoms with van der Waals surface area (Å²) in [7, 11) is 0. The molecular weight excluding hydrogens is 450 g/mol. The number of para-hydroxylation sites is 1. The molecule has 0 saturated heterocycles. The largest absolute Gasteiger partial charge is 0.334 e.